The summed E-state index contributed by atoms with van der Waals surface area (Å²) in [6.45, 7) is 6.31. The van der Waals surface area contributed by atoms with E-state index in [4.69, 9.17) is 4.42 Å². The van der Waals surface area contributed by atoms with Crippen LogP contribution in [0.1, 0.15) is 44.2 Å². The van der Waals surface area contributed by atoms with Gasteiger partial charge in [-0.15, -0.1) is 11.3 Å². The zero-order chi connectivity index (χ0) is 14.8. The van der Waals surface area contributed by atoms with Gasteiger partial charge in [-0.1, -0.05) is 20.8 Å². The summed E-state index contributed by atoms with van der Waals surface area (Å²) in [5.41, 5.74) is 1.94. The lowest BCUT2D eigenvalue weighted by Gasteiger charge is -2.13. The highest BCUT2D eigenvalue weighted by atomic mass is 32.1. The highest BCUT2D eigenvalue weighted by Crippen LogP contribution is 2.22. The smallest absolute Gasteiger partial charge is 0.327 e. The van der Waals surface area contributed by atoms with E-state index in [9.17, 15) is 9.90 Å². The van der Waals surface area contributed by atoms with Gasteiger partial charge in [0.25, 0.3) is 0 Å². The van der Waals surface area contributed by atoms with Crippen molar-refractivity contribution in [3.05, 3.63) is 34.4 Å². The summed E-state index contributed by atoms with van der Waals surface area (Å²) in [7, 11) is 0. The number of aromatic nitrogens is 2. The second-order valence-corrected chi connectivity index (χ2v) is 6.17. The van der Waals surface area contributed by atoms with Crippen LogP contribution in [-0.2, 0) is 16.8 Å². The fourth-order valence-corrected chi connectivity index (χ4v) is 2.20. The van der Waals surface area contributed by atoms with Crippen molar-refractivity contribution in [2.45, 2.75) is 38.8 Å². The molecule has 0 radical (unpaired) electrons. The van der Waals surface area contributed by atoms with Gasteiger partial charge in [-0.2, -0.15) is 0 Å². The van der Waals surface area contributed by atoms with Crippen molar-refractivity contribution in [1.29, 1.82) is 0 Å². The largest absolute Gasteiger partial charge is 0.480 e. The van der Waals surface area contributed by atoms with E-state index in [1.54, 1.807) is 17.1 Å². The van der Waals surface area contributed by atoms with E-state index in [0.717, 1.165) is 0 Å². The van der Waals surface area contributed by atoms with Crippen LogP contribution in [-0.4, -0.2) is 21.0 Å². The molecule has 0 aliphatic carbocycles. The number of hydrogen-bond donors (Lipinski definition) is 2. The number of aliphatic carboxylic acids is 1. The predicted molar refractivity (Wildman–Crippen MR) is 74.5 cm³/mol. The van der Waals surface area contributed by atoms with E-state index >= 15 is 0 Å². The number of nitrogens with one attached hydrogen (secondary N) is 1. The third kappa shape index (κ3) is 3.43. The highest BCUT2D eigenvalue weighted by Gasteiger charge is 2.23. The number of hydrogen-bond acceptors (Lipinski definition) is 6. The molecule has 0 spiro atoms. The standard InChI is InChI=1S/C13H17N3O3S/c1-13(2,3)12-15-5-8(19-12)4-14-10(11(17)18)9-6-20-7-16-9/h5-7,10,14H,4H2,1-3H3,(H,17,18). The molecule has 7 heteroatoms. The Morgan fingerprint density at radius 2 is 2.25 bits per heavy atom. The monoisotopic (exact) mass is 295 g/mol. The Hall–Kier alpha value is -1.73. The molecule has 0 aliphatic heterocycles. The first kappa shape index (κ1) is 14.7. The number of oxazole rings is 1. The molecule has 0 amide bonds. The molecule has 2 N–H and O–H groups in total. The van der Waals surface area contributed by atoms with Gasteiger partial charge in [-0.25, -0.2) is 9.97 Å². The molecule has 0 bridgehead atoms. The van der Waals surface area contributed by atoms with Crippen LogP contribution in [0, 0.1) is 0 Å². The van der Waals surface area contributed by atoms with Crippen LogP contribution >= 0.6 is 11.3 Å². The molecule has 2 rings (SSSR count). The second-order valence-electron chi connectivity index (χ2n) is 5.45. The van der Waals surface area contributed by atoms with Crippen LogP contribution in [0.25, 0.3) is 0 Å². The number of thiazole rings is 1. The first-order chi connectivity index (χ1) is 9.38. The third-order valence-electron chi connectivity index (χ3n) is 2.67. The number of nitrogens with zero attached hydrogens (tertiary/aromatic N) is 2. The molecule has 0 saturated carbocycles. The molecule has 0 aliphatic rings. The lowest BCUT2D eigenvalue weighted by molar-refractivity contribution is -0.139. The first-order valence-corrected chi connectivity index (χ1v) is 7.11. The van der Waals surface area contributed by atoms with Crippen LogP contribution in [0.3, 0.4) is 0 Å². The summed E-state index contributed by atoms with van der Waals surface area (Å²) in [6, 6.07) is -0.843. The lowest BCUT2D eigenvalue weighted by Crippen LogP contribution is -2.28. The first-order valence-electron chi connectivity index (χ1n) is 6.17. The third-order valence-corrected chi connectivity index (χ3v) is 3.27. The van der Waals surface area contributed by atoms with Crippen molar-refractivity contribution in [2.24, 2.45) is 0 Å². The molecule has 20 heavy (non-hydrogen) atoms. The van der Waals surface area contributed by atoms with Gasteiger partial charge in [0.2, 0.25) is 0 Å². The van der Waals surface area contributed by atoms with E-state index in [-0.39, 0.29) is 12.0 Å². The number of carboxylic acids is 1. The topological polar surface area (TPSA) is 88.2 Å². The van der Waals surface area contributed by atoms with Gasteiger partial charge in [0.15, 0.2) is 5.89 Å². The number of rotatable bonds is 5. The van der Waals surface area contributed by atoms with E-state index in [2.05, 4.69) is 15.3 Å². The fourth-order valence-electron chi connectivity index (χ4n) is 1.62. The molecule has 6 nitrogen and oxygen atoms in total. The van der Waals surface area contributed by atoms with E-state index in [0.29, 0.717) is 17.3 Å². The zero-order valence-electron chi connectivity index (χ0n) is 11.6. The van der Waals surface area contributed by atoms with Gasteiger partial charge in [-0.3, -0.25) is 10.1 Å². The maximum atomic E-state index is 11.2. The Balaban J connectivity index is 2.03. The van der Waals surface area contributed by atoms with Crippen molar-refractivity contribution in [3.63, 3.8) is 0 Å². The van der Waals surface area contributed by atoms with Crippen LogP contribution in [0.4, 0.5) is 0 Å². The van der Waals surface area contributed by atoms with Crippen molar-refractivity contribution in [3.8, 4) is 0 Å². The van der Waals surface area contributed by atoms with Gasteiger partial charge in [0, 0.05) is 10.8 Å². The number of carbonyl (C=O) groups is 1. The maximum Gasteiger partial charge on any atom is 0.327 e. The fraction of sp³-hybridized carbons (Fsp3) is 0.462. The van der Waals surface area contributed by atoms with Crippen LogP contribution in [0.2, 0.25) is 0 Å². The summed E-state index contributed by atoms with van der Waals surface area (Å²) in [6.07, 6.45) is 1.62. The van der Waals surface area contributed by atoms with Gasteiger partial charge >= 0.3 is 5.97 Å². The SMILES string of the molecule is CC(C)(C)c1ncc(CNC(C(=O)O)c2cscn2)o1. The maximum absolute atomic E-state index is 11.2. The molecule has 2 aromatic rings. The van der Waals surface area contributed by atoms with Gasteiger partial charge < -0.3 is 9.52 Å². The van der Waals surface area contributed by atoms with Crippen molar-refractivity contribution in [1.82, 2.24) is 15.3 Å². The second kappa shape index (κ2) is 5.72. The van der Waals surface area contributed by atoms with Crippen LogP contribution < -0.4 is 5.32 Å². The molecule has 1 unspecified atom stereocenters. The normalized spacial score (nSPS) is 13.3. The molecular formula is C13H17N3O3S. The molecule has 0 fully saturated rings. The Morgan fingerprint density at radius 3 is 2.75 bits per heavy atom. The van der Waals surface area contributed by atoms with Crippen LogP contribution in [0.15, 0.2) is 21.5 Å². The summed E-state index contributed by atoms with van der Waals surface area (Å²) in [5, 5.41) is 13.8. The minimum absolute atomic E-state index is 0.167. The molecule has 2 aromatic heterocycles. The number of carboxylic acid groups (broad SMARTS) is 1. The van der Waals surface area contributed by atoms with Crippen LogP contribution in [0.5, 0.6) is 0 Å². The summed E-state index contributed by atoms with van der Waals surface area (Å²) in [4.78, 5) is 19.5. The van der Waals surface area contributed by atoms with Crippen molar-refractivity contribution >= 4 is 17.3 Å². The molecule has 0 saturated heterocycles. The van der Waals surface area contributed by atoms with Crippen molar-refractivity contribution < 1.29 is 14.3 Å². The molecule has 108 valence electrons. The Kier molecular flexibility index (Phi) is 4.20. The van der Waals surface area contributed by atoms with E-state index in [1.807, 2.05) is 20.8 Å². The quantitative estimate of drug-likeness (QED) is 0.880. The summed E-state index contributed by atoms with van der Waals surface area (Å²) in [5.74, 6) is 0.276. The predicted octanol–water partition coefficient (Wildman–Crippen LogP) is 2.34. The highest BCUT2D eigenvalue weighted by molar-refractivity contribution is 7.07. The molecule has 0 aromatic carbocycles. The molecular weight excluding hydrogens is 278 g/mol. The summed E-state index contributed by atoms with van der Waals surface area (Å²) < 4.78 is 5.61. The Morgan fingerprint density at radius 1 is 1.50 bits per heavy atom. The minimum Gasteiger partial charge on any atom is -0.480 e. The molecule has 1 atom stereocenters. The Labute approximate surface area is 120 Å². The Bertz CT molecular complexity index is 572. The van der Waals surface area contributed by atoms with E-state index < -0.39 is 12.0 Å². The summed E-state index contributed by atoms with van der Waals surface area (Å²) >= 11 is 1.36. The average molecular weight is 295 g/mol. The van der Waals surface area contributed by atoms with Gasteiger partial charge in [-0.05, 0) is 0 Å². The van der Waals surface area contributed by atoms with Gasteiger partial charge in [0.1, 0.15) is 11.8 Å². The average Bonchev–Trinajstić information content (AvgIpc) is 2.97. The lowest BCUT2D eigenvalue weighted by atomic mass is 9.97. The van der Waals surface area contributed by atoms with E-state index in [1.165, 1.54) is 11.3 Å². The zero-order valence-corrected chi connectivity index (χ0v) is 12.4. The van der Waals surface area contributed by atoms with Crippen molar-refractivity contribution in [2.75, 3.05) is 0 Å². The van der Waals surface area contributed by atoms with Gasteiger partial charge in [0.05, 0.1) is 23.9 Å². The molecule has 2 heterocycles. The minimum atomic E-state index is -0.966.